The van der Waals surface area contributed by atoms with E-state index in [0.29, 0.717) is 0 Å². The van der Waals surface area contributed by atoms with Crippen molar-refractivity contribution < 1.29 is 0 Å². The predicted octanol–water partition coefficient (Wildman–Crippen LogP) is 11.6. The fraction of sp³-hybridized carbons (Fsp3) is 0.0217. The van der Waals surface area contributed by atoms with Crippen molar-refractivity contribution >= 4 is 32.5 Å². The number of para-hydroxylation sites is 1. The summed E-state index contributed by atoms with van der Waals surface area (Å²) in [6, 6.07) is 58.6. The van der Waals surface area contributed by atoms with Gasteiger partial charge in [-0.05, 0) is 51.1 Å². The molecular weight excluding hydrogens is 627 g/mol. The van der Waals surface area contributed by atoms with Gasteiger partial charge in [0.15, 0.2) is 5.82 Å². The van der Waals surface area contributed by atoms with Crippen LogP contribution in [0.1, 0.15) is 22.3 Å². The van der Waals surface area contributed by atoms with Gasteiger partial charge in [-0.3, -0.25) is 0 Å². The minimum absolute atomic E-state index is 0.364. The van der Waals surface area contributed by atoms with E-state index in [4.69, 9.17) is 15.0 Å². The lowest BCUT2D eigenvalue weighted by Crippen LogP contribution is -2.25. The normalized spacial score (nSPS) is 13.4. The van der Waals surface area contributed by atoms with Gasteiger partial charge in [-0.25, -0.2) is 15.0 Å². The quantitative estimate of drug-likeness (QED) is 0.190. The lowest BCUT2D eigenvalue weighted by molar-refractivity contribution is 0.794. The van der Waals surface area contributed by atoms with Crippen LogP contribution in [0.5, 0.6) is 0 Å². The maximum atomic E-state index is 5.40. The van der Waals surface area contributed by atoms with Gasteiger partial charge in [0.25, 0.3) is 0 Å². The van der Waals surface area contributed by atoms with Crippen LogP contribution in [0.15, 0.2) is 164 Å². The van der Waals surface area contributed by atoms with Gasteiger partial charge in [0.2, 0.25) is 0 Å². The van der Waals surface area contributed by atoms with Crippen LogP contribution < -0.4 is 0 Å². The highest BCUT2D eigenvalue weighted by Gasteiger charge is 2.52. The molecule has 0 N–H and O–H groups in total. The van der Waals surface area contributed by atoms with Crippen LogP contribution in [0.2, 0.25) is 0 Å². The Labute approximate surface area is 293 Å². The monoisotopic (exact) mass is 653 g/mol. The van der Waals surface area contributed by atoms with Crippen LogP contribution in [0.4, 0.5) is 0 Å². The number of hydrogen-bond donors (Lipinski definition) is 0. The van der Waals surface area contributed by atoms with Crippen molar-refractivity contribution in [3.8, 4) is 55.5 Å². The highest BCUT2D eigenvalue weighted by Crippen LogP contribution is 2.63. The van der Waals surface area contributed by atoms with Gasteiger partial charge < -0.3 is 0 Å². The average molecular weight is 654 g/mol. The second-order valence-electron chi connectivity index (χ2n) is 13.1. The lowest BCUT2D eigenvalue weighted by atomic mass is 9.70. The molecule has 1 spiro atoms. The van der Waals surface area contributed by atoms with Crippen molar-refractivity contribution in [1.82, 2.24) is 15.0 Å². The molecule has 3 nitrogen and oxygen atoms in total. The van der Waals surface area contributed by atoms with Gasteiger partial charge in [0, 0.05) is 27.6 Å². The first-order valence-electron chi connectivity index (χ1n) is 17.0. The van der Waals surface area contributed by atoms with Crippen LogP contribution in [-0.4, -0.2) is 15.0 Å². The van der Waals surface area contributed by atoms with Gasteiger partial charge in [-0.1, -0.05) is 152 Å². The molecule has 232 valence electrons. The van der Waals surface area contributed by atoms with E-state index in [2.05, 4.69) is 146 Å². The van der Waals surface area contributed by atoms with Crippen molar-refractivity contribution in [2.75, 3.05) is 0 Å². The second-order valence-corrected chi connectivity index (χ2v) is 14.1. The van der Waals surface area contributed by atoms with Crippen LogP contribution >= 0.6 is 11.3 Å². The Kier molecular flexibility index (Phi) is 5.75. The molecule has 0 radical (unpaired) electrons. The van der Waals surface area contributed by atoms with Gasteiger partial charge in [-0.2, -0.15) is 0 Å². The number of rotatable bonds is 3. The van der Waals surface area contributed by atoms with E-state index in [1.165, 1.54) is 49.2 Å². The zero-order valence-electron chi connectivity index (χ0n) is 26.8. The Morgan fingerprint density at radius 2 is 1.02 bits per heavy atom. The maximum absolute atomic E-state index is 5.40. The van der Waals surface area contributed by atoms with Crippen molar-refractivity contribution in [1.29, 1.82) is 0 Å². The minimum atomic E-state index is -0.364. The predicted molar refractivity (Wildman–Crippen MR) is 205 cm³/mol. The number of nitrogens with zero attached hydrogens (tertiary/aromatic N) is 3. The number of benzene rings is 7. The van der Waals surface area contributed by atoms with Gasteiger partial charge >= 0.3 is 0 Å². The Morgan fingerprint density at radius 1 is 0.420 bits per heavy atom. The van der Waals surface area contributed by atoms with Crippen LogP contribution in [0.3, 0.4) is 0 Å². The highest BCUT2D eigenvalue weighted by atomic mass is 32.1. The van der Waals surface area contributed by atoms with E-state index >= 15 is 0 Å². The molecule has 0 saturated heterocycles. The summed E-state index contributed by atoms with van der Waals surface area (Å²) in [6.45, 7) is 0. The Balaban J connectivity index is 1.05. The van der Waals surface area contributed by atoms with Gasteiger partial charge in [0.05, 0.1) is 26.8 Å². The van der Waals surface area contributed by atoms with Crippen molar-refractivity contribution in [3.05, 3.63) is 186 Å². The van der Waals surface area contributed by atoms with E-state index in [1.807, 2.05) is 18.2 Å². The Bertz CT molecular complexity index is 2770. The molecule has 2 heterocycles. The van der Waals surface area contributed by atoms with E-state index < -0.39 is 0 Å². The third-order valence-corrected chi connectivity index (χ3v) is 11.6. The van der Waals surface area contributed by atoms with Crippen molar-refractivity contribution in [2.24, 2.45) is 0 Å². The van der Waals surface area contributed by atoms with E-state index in [9.17, 15) is 0 Å². The summed E-state index contributed by atoms with van der Waals surface area (Å²) in [5, 5.41) is 2.06. The molecular formula is C46H27N3S. The summed E-state index contributed by atoms with van der Waals surface area (Å²) in [6.07, 6.45) is 0. The molecule has 0 aliphatic heterocycles. The molecule has 0 amide bonds. The Hall–Kier alpha value is -6.23. The number of hydrogen-bond acceptors (Lipinski definition) is 4. The molecule has 7 aromatic carbocycles. The van der Waals surface area contributed by atoms with Crippen LogP contribution in [0, 0.1) is 0 Å². The fourth-order valence-corrected chi connectivity index (χ4v) is 9.45. The molecule has 0 saturated carbocycles. The second kappa shape index (κ2) is 10.4. The van der Waals surface area contributed by atoms with Crippen molar-refractivity contribution in [2.45, 2.75) is 5.41 Å². The topological polar surface area (TPSA) is 38.7 Å². The molecule has 2 aliphatic rings. The summed E-state index contributed by atoms with van der Waals surface area (Å²) in [5.41, 5.74) is 16.3. The molecule has 0 atom stereocenters. The minimum Gasteiger partial charge on any atom is -0.235 e. The fourth-order valence-electron chi connectivity index (χ4n) is 8.47. The van der Waals surface area contributed by atoms with E-state index in [-0.39, 0.29) is 5.41 Å². The standard InChI is InChI=1S/C46H27N3S/c1-2-12-28(13-3-1)42-34-17-7-11-21-39(34)47-44(48-42)29-22-24-30(25-23-29)45-49-43-40(50-45)27-26-38-41(43)33-16-6-10-20-37(33)46(38)35-18-8-4-14-31(35)32-15-5-9-19-36(32)46/h1-27H. The lowest BCUT2D eigenvalue weighted by Gasteiger charge is -2.30. The summed E-state index contributed by atoms with van der Waals surface area (Å²) in [5.74, 6) is 0.718. The maximum Gasteiger partial charge on any atom is 0.160 e. The van der Waals surface area contributed by atoms with Crippen LogP contribution in [-0.2, 0) is 5.41 Å². The summed E-state index contributed by atoms with van der Waals surface area (Å²) >= 11 is 1.75. The molecule has 2 aliphatic carbocycles. The van der Waals surface area contributed by atoms with Crippen LogP contribution in [0.25, 0.3) is 76.6 Å². The third kappa shape index (κ3) is 3.71. The molecule has 11 rings (SSSR count). The van der Waals surface area contributed by atoms with Gasteiger partial charge in [-0.15, -0.1) is 11.3 Å². The SMILES string of the molecule is c1ccc(-c2nc(-c3ccc(-c4nc5c6c(ccc5s4)C4(c5ccccc5-c5ccccc54)c4ccccc4-6)cc3)nc3ccccc23)cc1. The summed E-state index contributed by atoms with van der Waals surface area (Å²) in [7, 11) is 0. The molecule has 0 bridgehead atoms. The van der Waals surface area contributed by atoms with E-state index in [0.717, 1.165) is 49.6 Å². The molecule has 50 heavy (non-hydrogen) atoms. The molecule has 2 aromatic heterocycles. The molecule has 9 aromatic rings. The molecule has 0 fully saturated rings. The van der Waals surface area contributed by atoms with Gasteiger partial charge in [0.1, 0.15) is 5.01 Å². The Morgan fingerprint density at radius 3 is 1.76 bits per heavy atom. The third-order valence-electron chi connectivity index (χ3n) is 10.6. The smallest absolute Gasteiger partial charge is 0.160 e. The highest BCUT2D eigenvalue weighted by molar-refractivity contribution is 7.21. The summed E-state index contributed by atoms with van der Waals surface area (Å²) in [4.78, 5) is 15.5. The first-order valence-corrected chi connectivity index (χ1v) is 17.8. The summed E-state index contributed by atoms with van der Waals surface area (Å²) < 4.78 is 1.19. The number of fused-ring (bicyclic) bond motifs is 13. The van der Waals surface area contributed by atoms with E-state index in [1.54, 1.807) is 11.3 Å². The average Bonchev–Trinajstić information content (AvgIpc) is 3.85. The molecule has 0 unspecified atom stereocenters. The zero-order valence-corrected chi connectivity index (χ0v) is 27.7. The molecule has 4 heteroatoms. The largest absolute Gasteiger partial charge is 0.235 e. The number of thiazole rings is 1. The first kappa shape index (κ1) is 27.7. The van der Waals surface area contributed by atoms with Crippen molar-refractivity contribution in [3.63, 3.8) is 0 Å². The number of aromatic nitrogens is 3. The first-order chi connectivity index (χ1) is 24.8. The zero-order chi connectivity index (χ0) is 32.8.